The Balaban J connectivity index is 3.50. The molecule has 0 radical (unpaired) electrons. The second-order valence-corrected chi connectivity index (χ2v) is 3.86. The second kappa shape index (κ2) is 9.52. The molecule has 0 aliphatic carbocycles. The summed E-state index contributed by atoms with van der Waals surface area (Å²) in [6, 6.07) is -0.238. The summed E-state index contributed by atoms with van der Waals surface area (Å²) in [5.41, 5.74) is 0. The number of urea groups is 1. The molecule has 0 aliphatic heterocycles. The monoisotopic (exact) mass is 240 g/mol. The largest absolute Gasteiger partial charge is 0.481 e. The van der Waals surface area contributed by atoms with Crippen molar-refractivity contribution in [1.29, 1.82) is 0 Å². The number of aliphatic carboxylic acids is 1. The number of rotatable bonds is 7. The number of hydrogen-bond acceptors (Lipinski definition) is 2. The number of carboxylic acid groups (broad SMARTS) is 1. The molecule has 96 valence electrons. The normalized spacial score (nSPS) is 10.9. The van der Waals surface area contributed by atoms with Gasteiger partial charge in [0, 0.05) is 13.0 Å². The van der Waals surface area contributed by atoms with Gasteiger partial charge in [-0.3, -0.25) is 4.79 Å². The molecule has 2 amide bonds. The zero-order valence-corrected chi connectivity index (χ0v) is 10.4. The van der Waals surface area contributed by atoms with Crippen LogP contribution < -0.4 is 10.6 Å². The van der Waals surface area contributed by atoms with Gasteiger partial charge >= 0.3 is 12.0 Å². The van der Waals surface area contributed by atoms with E-state index in [0.717, 1.165) is 6.42 Å². The molecule has 0 aromatic heterocycles. The number of hydrogen-bond donors (Lipinski definition) is 3. The molecule has 0 fully saturated rings. The van der Waals surface area contributed by atoms with Crippen molar-refractivity contribution >= 4 is 12.0 Å². The number of carbonyl (C=O) groups excluding carboxylic acids is 1. The molecule has 0 saturated carbocycles. The van der Waals surface area contributed by atoms with E-state index < -0.39 is 5.97 Å². The van der Waals surface area contributed by atoms with Gasteiger partial charge in [-0.05, 0) is 25.7 Å². The van der Waals surface area contributed by atoms with Gasteiger partial charge in [-0.1, -0.05) is 12.8 Å². The Labute approximate surface area is 102 Å². The summed E-state index contributed by atoms with van der Waals surface area (Å²) < 4.78 is 0. The van der Waals surface area contributed by atoms with Crippen molar-refractivity contribution in [2.75, 3.05) is 13.1 Å². The van der Waals surface area contributed by atoms with Gasteiger partial charge in [-0.15, -0.1) is 5.92 Å². The first-order valence-corrected chi connectivity index (χ1v) is 5.69. The predicted molar refractivity (Wildman–Crippen MR) is 65.5 cm³/mol. The van der Waals surface area contributed by atoms with Gasteiger partial charge in [0.25, 0.3) is 0 Å². The van der Waals surface area contributed by atoms with E-state index in [9.17, 15) is 9.59 Å². The molecule has 1 atom stereocenters. The third-order valence-corrected chi connectivity index (χ3v) is 2.29. The first kappa shape index (κ1) is 15.3. The average molecular weight is 240 g/mol. The Morgan fingerprint density at radius 2 is 2.00 bits per heavy atom. The molecule has 0 spiro atoms. The Bertz CT molecular complexity index is 305. The molecule has 0 aromatic carbocycles. The molecule has 3 N–H and O–H groups in total. The van der Waals surface area contributed by atoms with Crippen LogP contribution in [0.5, 0.6) is 0 Å². The maximum absolute atomic E-state index is 11.2. The first-order valence-electron chi connectivity index (χ1n) is 5.69. The van der Waals surface area contributed by atoms with Gasteiger partial charge in [-0.25, -0.2) is 4.79 Å². The third-order valence-electron chi connectivity index (χ3n) is 2.29. The number of carbonyl (C=O) groups is 2. The quantitative estimate of drug-likeness (QED) is 0.585. The van der Waals surface area contributed by atoms with Crippen molar-refractivity contribution < 1.29 is 14.7 Å². The van der Waals surface area contributed by atoms with Crippen molar-refractivity contribution in [3.05, 3.63) is 0 Å². The van der Waals surface area contributed by atoms with E-state index in [1.807, 2.05) is 6.92 Å². The van der Waals surface area contributed by atoms with Crippen LogP contribution in [0, 0.1) is 17.8 Å². The Kier molecular flexibility index (Phi) is 8.57. The van der Waals surface area contributed by atoms with E-state index in [4.69, 9.17) is 5.11 Å². The summed E-state index contributed by atoms with van der Waals surface area (Å²) in [6.45, 7) is 4.58. The summed E-state index contributed by atoms with van der Waals surface area (Å²) in [5, 5.41) is 13.8. The highest BCUT2D eigenvalue weighted by Crippen LogP contribution is 2.08. The summed E-state index contributed by atoms with van der Waals surface area (Å²) >= 11 is 0. The molecular formula is C12H20N2O3. The van der Waals surface area contributed by atoms with Crippen LogP contribution in [0.3, 0.4) is 0 Å². The van der Waals surface area contributed by atoms with Gasteiger partial charge in [0.05, 0.1) is 6.54 Å². The van der Waals surface area contributed by atoms with Crippen LogP contribution in [-0.4, -0.2) is 30.2 Å². The molecule has 0 aromatic rings. The topological polar surface area (TPSA) is 78.4 Å². The van der Waals surface area contributed by atoms with E-state index in [1.54, 1.807) is 6.92 Å². The molecule has 5 nitrogen and oxygen atoms in total. The van der Waals surface area contributed by atoms with Crippen molar-refractivity contribution in [2.24, 2.45) is 5.92 Å². The van der Waals surface area contributed by atoms with Crippen LogP contribution in [0.4, 0.5) is 4.79 Å². The number of amides is 2. The van der Waals surface area contributed by atoms with Gasteiger partial charge in [-0.2, -0.15) is 0 Å². The Hall–Kier alpha value is -1.70. The van der Waals surface area contributed by atoms with Crippen LogP contribution in [0.1, 0.15) is 33.1 Å². The lowest BCUT2D eigenvalue weighted by Gasteiger charge is -2.10. The summed E-state index contributed by atoms with van der Waals surface area (Å²) in [7, 11) is 0. The Morgan fingerprint density at radius 1 is 1.29 bits per heavy atom. The lowest BCUT2D eigenvalue weighted by molar-refractivity contribution is -0.137. The van der Waals surface area contributed by atoms with E-state index in [1.165, 1.54) is 0 Å². The highest BCUT2D eigenvalue weighted by atomic mass is 16.4. The molecule has 5 heteroatoms. The molecule has 0 rings (SSSR count). The number of carboxylic acids is 1. The van der Waals surface area contributed by atoms with Gasteiger partial charge in [0.1, 0.15) is 0 Å². The fourth-order valence-electron chi connectivity index (χ4n) is 1.22. The van der Waals surface area contributed by atoms with Gasteiger partial charge < -0.3 is 15.7 Å². The molecule has 17 heavy (non-hydrogen) atoms. The van der Waals surface area contributed by atoms with Gasteiger partial charge in [0.2, 0.25) is 0 Å². The highest BCUT2D eigenvalue weighted by Gasteiger charge is 2.06. The zero-order chi connectivity index (χ0) is 13.1. The second-order valence-electron chi connectivity index (χ2n) is 3.86. The first-order chi connectivity index (χ1) is 8.06. The summed E-state index contributed by atoms with van der Waals surface area (Å²) in [6.07, 6.45) is 1.60. The standard InChI is InChI=1S/C12H20N2O3/c1-3-4-8-13-12(17)14-9-7-10(2)5-6-11(15)16/h10H,5-9H2,1-2H3,(H,15,16)(H2,13,14,17). The molecule has 0 aliphatic rings. The fourth-order valence-corrected chi connectivity index (χ4v) is 1.22. The predicted octanol–water partition coefficient (Wildman–Crippen LogP) is 1.20. The van der Waals surface area contributed by atoms with Crippen LogP contribution in [0.2, 0.25) is 0 Å². The van der Waals surface area contributed by atoms with Crippen LogP contribution >= 0.6 is 0 Å². The highest BCUT2D eigenvalue weighted by molar-refractivity contribution is 5.74. The summed E-state index contributed by atoms with van der Waals surface area (Å²) in [4.78, 5) is 21.5. The van der Waals surface area contributed by atoms with Crippen molar-refractivity contribution in [3.8, 4) is 11.8 Å². The van der Waals surface area contributed by atoms with Crippen LogP contribution in [0.25, 0.3) is 0 Å². The minimum Gasteiger partial charge on any atom is -0.481 e. The number of nitrogens with one attached hydrogen (secondary N) is 2. The molecule has 1 unspecified atom stereocenters. The van der Waals surface area contributed by atoms with E-state index >= 15 is 0 Å². The molecule has 0 bridgehead atoms. The van der Waals surface area contributed by atoms with Crippen molar-refractivity contribution in [2.45, 2.75) is 33.1 Å². The third kappa shape index (κ3) is 10.6. The van der Waals surface area contributed by atoms with Crippen molar-refractivity contribution in [1.82, 2.24) is 10.6 Å². The van der Waals surface area contributed by atoms with E-state index in [2.05, 4.69) is 22.5 Å². The van der Waals surface area contributed by atoms with Crippen molar-refractivity contribution in [3.63, 3.8) is 0 Å². The smallest absolute Gasteiger partial charge is 0.315 e. The van der Waals surface area contributed by atoms with Crippen LogP contribution in [0.15, 0.2) is 0 Å². The zero-order valence-electron chi connectivity index (χ0n) is 10.4. The minimum absolute atomic E-state index is 0.180. The maximum atomic E-state index is 11.2. The maximum Gasteiger partial charge on any atom is 0.315 e. The van der Waals surface area contributed by atoms with E-state index in [-0.39, 0.29) is 12.5 Å². The SMILES string of the molecule is CC#CCNC(=O)NCCC(C)CCC(=O)O. The summed E-state index contributed by atoms with van der Waals surface area (Å²) in [5.74, 6) is 4.92. The fraction of sp³-hybridized carbons (Fsp3) is 0.667. The average Bonchev–Trinajstić information content (AvgIpc) is 2.27. The minimum atomic E-state index is -0.777. The van der Waals surface area contributed by atoms with Gasteiger partial charge in [0.15, 0.2) is 0 Å². The molecular weight excluding hydrogens is 220 g/mol. The Morgan fingerprint density at radius 3 is 2.59 bits per heavy atom. The lowest BCUT2D eigenvalue weighted by Crippen LogP contribution is -2.36. The molecule has 0 saturated heterocycles. The lowest BCUT2D eigenvalue weighted by atomic mass is 10.0. The molecule has 0 heterocycles. The van der Waals surface area contributed by atoms with Crippen LogP contribution in [-0.2, 0) is 4.79 Å². The van der Waals surface area contributed by atoms with E-state index in [0.29, 0.717) is 25.4 Å².